The number of rotatable bonds is 2. The number of anilines is 1. The molecule has 2 aliphatic heterocycles. The molecule has 2 aromatic rings. The molecule has 0 bridgehead atoms. The first-order valence-electron chi connectivity index (χ1n) is 7.61. The van der Waals surface area contributed by atoms with Gasteiger partial charge < -0.3 is 14.4 Å². The van der Waals surface area contributed by atoms with Crippen molar-refractivity contribution in [3.63, 3.8) is 0 Å². The highest BCUT2D eigenvalue weighted by molar-refractivity contribution is 8.01. The van der Waals surface area contributed by atoms with Crippen LogP contribution < -0.4 is 14.4 Å². The van der Waals surface area contributed by atoms with Crippen LogP contribution in [0.5, 0.6) is 11.5 Å². The molecule has 23 heavy (non-hydrogen) atoms. The van der Waals surface area contributed by atoms with Crippen LogP contribution in [-0.4, -0.2) is 18.6 Å². The highest BCUT2D eigenvalue weighted by atomic mass is 32.2. The molecule has 2 heterocycles. The summed E-state index contributed by atoms with van der Waals surface area (Å²) in [6.45, 7) is 2.45. The Kier molecular flexibility index (Phi) is 3.81. The summed E-state index contributed by atoms with van der Waals surface area (Å²) in [7, 11) is 0. The monoisotopic (exact) mass is 330 g/mol. The second-order valence-corrected chi connectivity index (χ2v) is 6.66. The van der Waals surface area contributed by atoms with E-state index >= 15 is 0 Å². The predicted molar refractivity (Wildman–Crippen MR) is 90.4 cm³/mol. The van der Waals surface area contributed by atoms with Crippen LogP contribution in [0.4, 0.5) is 10.1 Å². The van der Waals surface area contributed by atoms with Gasteiger partial charge in [0.1, 0.15) is 5.82 Å². The highest BCUT2D eigenvalue weighted by Gasteiger charge is 2.31. The zero-order valence-electron chi connectivity index (χ0n) is 12.7. The van der Waals surface area contributed by atoms with Gasteiger partial charge in [-0.15, -0.1) is 0 Å². The van der Waals surface area contributed by atoms with E-state index in [-0.39, 0.29) is 24.7 Å². The fraction of sp³-hybridized carbons (Fsp3) is 0.278. The standard InChI is InChI=1S/C18H17FNO2S/c1-12-9-23-10-16(13-2-4-14(19)5-3-13)20(12)15-6-7-17-18(8-15)22-11-21-17/h2-9,12,16H,10-11H2,1H3. The number of halogens is 1. The zero-order valence-corrected chi connectivity index (χ0v) is 13.6. The van der Waals surface area contributed by atoms with E-state index in [9.17, 15) is 4.39 Å². The van der Waals surface area contributed by atoms with E-state index in [1.807, 2.05) is 36.0 Å². The van der Waals surface area contributed by atoms with E-state index in [1.54, 1.807) is 0 Å². The summed E-state index contributed by atoms with van der Waals surface area (Å²) in [6, 6.07) is 13.3. The topological polar surface area (TPSA) is 21.7 Å². The number of thioether (sulfide) groups is 1. The van der Waals surface area contributed by atoms with E-state index in [2.05, 4.69) is 23.6 Å². The normalized spacial score (nSPS) is 23.1. The first-order chi connectivity index (χ1) is 11.2. The summed E-state index contributed by atoms with van der Waals surface area (Å²) in [5.74, 6) is 4.54. The van der Waals surface area contributed by atoms with E-state index in [0.717, 1.165) is 28.5 Å². The van der Waals surface area contributed by atoms with Crippen molar-refractivity contribution in [2.24, 2.45) is 0 Å². The molecule has 3 nitrogen and oxygen atoms in total. The van der Waals surface area contributed by atoms with Gasteiger partial charge in [-0.05, 0) is 36.8 Å². The second-order valence-electron chi connectivity index (χ2n) is 5.72. The lowest BCUT2D eigenvalue weighted by atomic mass is 10.0. The lowest BCUT2D eigenvalue weighted by Gasteiger charge is -2.42. The summed E-state index contributed by atoms with van der Waals surface area (Å²) in [5.41, 5.74) is 2.21. The van der Waals surface area contributed by atoms with Gasteiger partial charge >= 0.3 is 0 Å². The van der Waals surface area contributed by atoms with Crippen LogP contribution in [-0.2, 0) is 0 Å². The van der Waals surface area contributed by atoms with E-state index < -0.39 is 0 Å². The maximum Gasteiger partial charge on any atom is 0.231 e. The lowest BCUT2D eigenvalue weighted by molar-refractivity contribution is 0.174. The number of hydrogen-bond acceptors (Lipinski definition) is 4. The van der Waals surface area contributed by atoms with Crippen LogP contribution in [0.2, 0.25) is 0 Å². The van der Waals surface area contributed by atoms with Gasteiger partial charge in [-0.25, -0.2) is 4.39 Å². The van der Waals surface area contributed by atoms with Crippen LogP contribution in [0.25, 0.3) is 0 Å². The van der Waals surface area contributed by atoms with Crippen molar-refractivity contribution in [3.8, 4) is 11.5 Å². The van der Waals surface area contributed by atoms with E-state index in [1.165, 1.54) is 12.1 Å². The first kappa shape index (κ1) is 14.7. The zero-order chi connectivity index (χ0) is 15.8. The van der Waals surface area contributed by atoms with Crippen molar-refractivity contribution < 1.29 is 13.9 Å². The third-order valence-corrected chi connectivity index (χ3v) is 5.33. The van der Waals surface area contributed by atoms with Crippen LogP contribution in [0.1, 0.15) is 18.5 Å². The van der Waals surface area contributed by atoms with Gasteiger partial charge in [0.05, 0.1) is 6.04 Å². The molecule has 2 aliphatic rings. The quantitative estimate of drug-likeness (QED) is 0.813. The highest BCUT2D eigenvalue weighted by Crippen LogP contribution is 2.42. The summed E-state index contributed by atoms with van der Waals surface area (Å²) in [6.07, 6.45) is 0. The number of fused-ring (bicyclic) bond motifs is 1. The molecular weight excluding hydrogens is 313 g/mol. The molecule has 0 N–H and O–H groups in total. The first-order valence-corrected chi connectivity index (χ1v) is 8.65. The van der Waals surface area contributed by atoms with Gasteiger partial charge in [-0.1, -0.05) is 12.1 Å². The summed E-state index contributed by atoms with van der Waals surface area (Å²) < 4.78 is 24.2. The van der Waals surface area contributed by atoms with Crippen molar-refractivity contribution in [1.29, 1.82) is 0 Å². The molecule has 0 amide bonds. The molecule has 1 saturated heterocycles. The minimum Gasteiger partial charge on any atom is -0.454 e. The Balaban J connectivity index is 1.71. The summed E-state index contributed by atoms with van der Waals surface area (Å²) in [4.78, 5) is 2.35. The number of ether oxygens (including phenoxy) is 2. The molecular formula is C18H17FNO2S. The third kappa shape index (κ3) is 2.74. The summed E-state index contributed by atoms with van der Waals surface area (Å²) in [5, 5.41) is 0. The van der Waals surface area contributed by atoms with Gasteiger partial charge in [0, 0.05) is 29.3 Å². The number of nitrogens with zero attached hydrogens (tertiary/aromatic N) is 1. The molecule has 2 atom stereocenters. The van der Waals surface area contributed by atoms with Crippen molar-refractivity contribution in [2.45, 2.75) is 19.0 Å². The number of benzene rings is 2. The van der Waals surface area contributed by atoms with Crippen LogP contribution in [0.3, 0.4) is 0 Å². The molecule has 2 unspecified atom stereocenters. The largest absolute Gasteiger partial charge is 0.454 e. The molecule has 0 aromatic heterocycles. The molecule has 2 aromatic carbocycles. The molecule has 4 rings (SSSR count). The Morgan fingerprint density at radius 2 is 1.87 bits per heavy atom. The average Bonchev–Trinajstić information content (AvgIpc) is 3.03. The minimum atomic E-state index is -0.202. The Morgan fingerprint density at radius 1 is 1.09 bits per heavy atom. The van der Waals surface area contributed by atoms with Gasteiger partial charge in [0.15, 0.2) is 11.5 Å². The Bertz CT molecular complexity index is 707. The SMILES string of the molecule is CC1[CH]SCC(c2ccc(F)cc2)N1c1ccc2c(c1)OCO2. The fourth-order valence-electron chi connectivity index (χ4n) is 3.12. The second kappa shape index (κ2) is 5.96. The molecule has 0 saturated carbocycles. The molecule has 5 heteroatoms. The number of hydrogen-bond donors (Lipinski definition) is 0. The van der Waals surface area contributed by atoms with E-state index in [0.29, 0.717) is 0 Å². The minimum absolute atomic E-state index is 0.195. The van der Waals surface area contributed by atoms with Crippen LogP contribution >= 0.6 is 11.8 Å². The fourth-order valence-corrected chi connectivity index (χ4v) is 4.17. The average molecular weight is 330 g/mol. The van der Waals surface area contributed by atoms with Crippen molar-refractivity contribution in [3.05, 3.63) is 59.6 Å². The van der Waals surface area contributed by atoms with Gasteiger partial charge in [0.2, 0.25) is 6.79 Å². The Hall–Kier alpha value is -1.88. The third-order valence-electron chi connectivity index (χ3n) is 4.23. The summed E-state index contributed by atoms with van der Waals surface area (Å²) >= 11 is 1.82. The lowest BCUT2D eigenvalue weighted by Crippen LogP contribution is -2.41. The molecule has 1 fully saturated rings. The van der Waals surface area contributed by atoms with Crippen molar-refractivity contribution in [2.75, 3.05) is 17.4 Å². The smallest absolute Gasteiger partial charge is 0.231 e. The van der Waals surface area contributed by atoms with Gasteiger partial charge in [-0.2, -0.15) is 11.8 Å². The molecule has 119 valence electrons. The van der Waals surface area contributed by atoms with Gasteiger partial charge in [-0.3, -0.25) is 0 Å². The predicted octanol–water partition coefficient (Wildman–Crippen LogP) is 4.40. The molecule has 1 radical (unpaired) electrons. The Morgan fingerprint density at radius 3 is 2.70 bits per heavy atom. The van der Waals surface area contributed by atoms with Gasteiger partial charge in [0.25, 0.3) is 0 Å². The van der Waals surface area contributed by atoms with Crippen LogP contribution in [0.15, 0.2) is 42.5 Å². The van der Waals surface area contributed by atoms with Crippen LogP contribution in [0, 0.1) is 11.6 Å². The Labute approximate surface area is 139 Å². The molecule has 0 aliphatic carbocycles. The molecule has 0 spiro atoms. The van der Waals surface area contributed by atoms with Crippen molar-refractivity contribution in [1.82, 2.24) is 0 Å². The van der Waals surface area contributed by atoms with Crippen molar-refractivity contribution >= 4 is 17.4 Å². The maximum absolute atomic E-state index is 13.2. The van der Waals surface area contributed by atoms with E-state index in [4.69, 9.17) is 9.47 Å². The maximum atomic E-state index is 13.2.